The summed E-state index contributed by atoms with van der Waals surface area (Å²) in [4.78, 5) is 21.1. The lowest BCUT2D eigenvalue weighted by atomic mass is 9.65. The van der Waals surface area contributed by atoms with Crippen molar-refractivity contribution in [2.75, 3.05) is 0 Å². The van der Waals surface area contributed by atoms with Gasteiger partial charge in [-0.2, -0.15) is 0 Å². The van der Waals surface area contributed by atoms with Crippen LogP contribution in [0.25, 0.3) is 0 Å². The van der Waals surface area contributed by atoms with Gasteiger partial charge < -0.3 is 15.2 Å². The van der Waals surface area contributed by atoms with Crippen molar-refractivity contribution in [2.24, 2.45) is 0 Å². The molecule has 1 aromatic heterocycles. The number of aromatic amines is 1. The van der Waals surface area contributed by atoms with Crippen LogP contribution in [0.4, 0.5) is 5.82 Å². The number of carboxylic acids is 1. The van der Waals surface area contributed by atoms with Crippen molar-refractivity contribution in [3.8, 4) is 0 Å². The summed E-state index contributed by atoms with van der Waals surface area (Å²) in [5.41, 5.74) is -0.915. The number of rotatable bonds is 3. The molecule has 0 saturated heterocycles. The third-order valence-corrected chi connectivity index (χ3v) is 2.93. The van der Waals surface area contributed by atoms with Crippen molar-refractivity contribution in [1.82, 2.24) is 10.2 Å². The summed E-state index contributed by atoms with van der Waals surface area (Å²) in [6.45, 7) is 0. The van der Waals surface area contributed by atoms with Gasteiger partial charge in [-0.25, -0.2) is 0 Å². The smallest absolute Gasteiger partial charge is 0.346 e. The summed E-state index contributed by atoms with van der Waals surface area (Å²) in [5, 5.41) is 25.5. The Morgan fingerprint density at radius 2 is 2.33 bits per heavy atom. The van der Waals surface area contributed by atoms with E-state index >= 15 is 0 Å². The Labute approximate surface area is 84.3 Å². The van der Waals surface area contributed by atoms with E-state index in [2.05, 4.69) is 10.2 Å². The molecular formula is C8H9N3O4. The SMILES string of the molecule is O=C(O)C1(c2cn[nH]c2[N+](=O)[O-])CCC1. The van der Waals surface area contributed by atoms with E-state index in [0.29, 0.717) is 12.8 Å². The van der Waals surface area contributed by atoms with Crippen molar-refractivity contribution < 1.29 is 14.8 Å². The second-order valence-electron chi connectivity index (χ2n) is 3.63. The molecular weight excluding hydrogens is 202 g/mol. The molecule has 1 fully saturated rings. The highest BCUT2D eigenvalue weighted by molar-refractivity contribution is 5.83. The first-order valence-electron chi connectivity index (χ1n) is 4.49. The summed E-state index contributed by atoms with van der Waals surface area (Å²) in [5.74, 6) is -1.32. The van der Waals surface area contributed by atoms with E-state index in [-0.39, 0.29) is 11.4 Å². The molecule has 0 spiro atoms. The van der Waals surface area contributed by atoms with Crippen LogP contribution in [0.15, 0.2) is 6.20 Å². The Hall–Kier alpha value is -1.92. The number of aromatic nitrogens is 2. The summed E-state index contributed by atoms with van der Waals surface area (Å²) in [7, 11) is 0. The van der Waals surface area contributed by atoms with Crippen molar-refractivity contribution in [3.05, 3.63) is 21.9 Å². The molecule has 0 bridgehead atoms. The Morgan fingerprint density at radius 1 is 1.67 bits per heavy atom. The Balaban J connectivity index is 2.48. The zero-order valence-corrected chi connectivity index (χ0v) is 7.77. The van der Waals surface area contributed by atoms with Gasteiger partial charge in [-0.1, -0.05) is 11.5 Å². The molecule has 1 aliphatic carbocycles. The average molecular weight is 211 g/mol. The Bertz CT molecular complexity index is 421. The molecule has 2 N–H and O–H groups in total. The van der Waals surface area contributed by atoms with E-state index in [0.717, 1.165) is 6.42 Å². The average Bonchev–Trinajstić information content (AvgIpc) is 2.49. The fourth-order valence-electron chi connectivity index (χ4n) is 1.90. The Morgan fingerprint density at radius 3 is 2.73 bits per heavy atom. The number of nitro groups is 1. The van der Waals surface area contributed by atoms with Gasteiger partial charge in [0.05, 0.1) is 11.8 Å². The van der Waals surface area contributed by atoms with Crippen LogP contribution in [0, 0.1) is 10.1 Å². The molecule has 0 aromatic carbocycles. The quantitative estimate of drug-likeness (QED) is 0.568. The maximum atomic E-state index is 11.1. The van der Waals surface area contributed by atoms with E-state index in [1.54, 1.807) is 0 Å². The predicted molar refractivity (Wildman–Crippen MR) is 48.4 cm³/mol. The zero-order chi connectivity index (χ0) is 11.1. The molecule has 0 atom stereocenters. The maximum Gasteiger partial charge on any atom is 0.346 e. The van der Waals surface area contributed by atoms with Crippen LogP contribution in [0.2, 0.25) is 0 Å². The van der Waals surface area contributed by atoms with Gasteiger partial charge in [0, 0.05) is 0 Å². The Kier molecular flexibility index (Phi) is 1.95. The lowest BCUT2D eigenvalue weighted by molar-refractivity contribution is -0.390. The highest BCUT2D eigenvalue weighted by Crippen LogP contribution is 2.46. The molecule has 1 heterocycles. The first-order chi connectivity index (χ1) is 7.08. The summed E-state index contributed by atoms with van der Waals surface area (Å²) in [6, 6.07) is 0. The number of carboxylic acid groups (broad SMARTS) is 1. The molecule has 80 valence electrons. The van der Waals surface area contributed by atoms with E-state index in [9.17, 15) is 14.9 Å². The molecule has 1 saturated carbocycles. The van der Waals surface area contributed by atoms with Gasteiger partial charge in [0.1, 0.15) is 5.41 Å². The third kappa shape index (κ3) is 1.19. The number of carbonyl (C=O) groups is 1. The van der Waals surface area contributed by atoms with Gasteiger partial charge in [0.2, 0.25) is 0 Å². The molecule has 15 heavy (non-hydrogen) atoms. The predicted octanol–water partition coefficient (Wildman–Crippen LogP) is 0.824. The molecule has 0 unspecified atom stereocenters. The van der Waals surface area contributed by atoms with Crippen molar-refractivity contribution in [2.45, 2.75) is 24.7 Å². The van der Waals surface area contributed by atoms with E-state index in [1.165, 1.54) is 6.20 Å². The highest BCUT2D eigenvalue weighted by atomic mass is 16.6. The minimum absolute atomic E-state index is 0.186. The van der Waals surface area contributed by atoms with Crippen LogP contribution in [0.3, 0.4) is 0 Å². The lowest BCUT2D eigenvalue weighted by Crippen LogP contribution is -2.42. The van der Waals surface area contributed by atoms with Crippen LogP contribution in [-0.4, -0.2) is 26.2 Å². The van der Waals surface area contributed by atoms with Crippen LogP contribution in [0.5, 0.6) is 0 Å². The zero-order valence-electron chi connectivity index (χ0n) is 7.77. The summed E-state index contributed by atoms with van der Waals surface area (Å²) in [6.07, 6.45) is 2.88. The first-order valence-corrected chi connectivity index (χ1v) is 4.49. The molecule has 1 aromatic rings. The van der Waals surface area contributed by atoms with E-state index in [4.69, 9.17) is 5.11 Å². The second kappa shape index (κ2) is 3.04. The second-order valence-corrected chi connectivity index (χ2v) is 3.63. The number of H-pyrrole nitrogens is 1. The standard InChI is InChI=1S/C8H9N3O4/c12-7(13)8(2-1-3-8)5-4-9-10-6(5)11(14)15/h4H,1-3H2,(H,9,10)(H,12,13). The molecule has 0 amide bonds. The maximum absolute atomic E-state index is 11.1. The largest absolute Gasteiger partial charge is 0.481 e. The monoisotopic (exact) mass is 211 g/mol. The van der Waals surface area contributed by atoms with Gasteiger partial charge in [0.15, 0.2) is 0 Å². The molecule has 7 heteroatoms. The molecule has 0 radical (unpaired) electrons. The third-order valence-electron chi connectivity index (χ3n) is 2.93. The normalized spacial score (nSPS) is 18.1. The minimum Gasteiger partial charge on any atom is -0.481 e. The molecule has 1 aliphatic rings. The fraction of sp³-hybridized carbons (Fsp3) is 0.500. The summed E-state index contributed by atoms with van der Waals surface area (Å²) < 4.78 is 0. The molecule has 7 nitrogen and oxygen atoms in total. The number of hydrogen-bond donors (Lipinski definition) is 2. The highest BCUT2D eigenvalue weighted by Gasteiger charge is 2.50. The number of nitrogens with zero attached hydrogens (tertiary/aromatic N) is 2. The number of aliphatic carboxylic acids is 1. The molecule has 2 rings (SSSR count). The van der Waals surface area contributed by atoms with Crippen molar-refractivity contribution >= 4 is 11.8 Å². The van der Waals surface area contributed by atoms with Crippen molar-refractivity contribution in [1.29, 1.82) is 0 Å². The van der Waals surface area contributed by atoms with Crippen LogP contribution in [0.1, 0.15) is 24.8 Å². The van der Waals surface area contributed by atoms with E-state index in [1.807, 2.05) is 0 Å². The van der Waals surface area contributed by atoms with E-state index < -0.39 is 16.3 Å². The topological polar surface area (TPSA) is 109 Å². The first kappa shape index (κ1) is 9.63. The molecule has 0 aliphatic heterocycles. The lowest BCUT2D eigenvalue weighted by Gasteiger charge is -2.36. The van der Waals surface area contributed by atoms with Crippen molar-refractivity contribution in [3.63, 3.8) is 0 Å². The van der Waals surface area contributed by atoms with Gasteiger partial charge in [0.25, 0.3) is 0 Å². The van der Waals surface area contributed by atoms with Crippen LogP contribution in [-0.2, 0) is 10.2 Å². The van der Waals surface area contributed by atoms with Gasteiger partial charge in [-0.05, 0) is 17.8 Å². The number of nitrogens with one attached hydrogen (secondary N) is 1. The summed E-state index contributed by atoms with van der Waals surface area (Å²) >= 11 is 0. The van der Waals surface area contributed by atoms with Gasteiger partial charge >= 0.3 is 11.8 Å². The van der Waals surface area contributed by atoms with Gasteiger partial charge in [-0.3, -0.25) is 4.79 Å². The van der Waals surface area contributed by atoms with Crippen LogP contribution >= 0.6 is 0 Å². The minimum atomic E-state index is -1.10. The number of hydrogen-bond acceptors (Lipinski definition) is 4. The van der Waals surface area contributed by atoms with Crippen LogP contribution < -0.4 is 0 Å². The fourth-order valence-corrected chi connectivity index (χ4v) is 1.90. The van der Waals surface area contributed by atoms with Gasteiger partial charge in [-0.15, -0.1) is 5.10 Å².